The number of aryl methyl sites for hydroxylation is 8. The Morgan fingerprint density at radius 3 is 0.569 bits per heavy atom. The highest BCUT2D eigenvalue weighted by molar-refractivity contribution is 6.00. The van der Waals surface area contributed by atoms with Crippen molar-refractivity contribution in [1.82, 2.24) is 0 Å². The van der Waals surface area contributed by atoms with E-state index in [-0.39, 0.29) is 102 Å². The molecule has 0 atom stereocenters. The fourth-order valence-corrected chi connectivity index (χ4v) is 8.08. The molecule has 2 aliphatic heterocycles. The lowest BCUT2D eigenvalue weighted by Gasteiger charge is -2.35. The second kappa shape index (κ2) is 13.7. The molecule has 6 aromatic carbocycles. The van der Waals surface area contributed by atoms with Crippen molar-refractivity contribution in [1.29, 1.82) is 0 Å². The van der Waals surface area contributed by atoms with Crippen molar-refractivity contribution in [3.63, 3.8) is 0 Å². The van der Waals surface area contributed by atoms with Crippen molar-refractivity contribution in [2.75, 3.05) is 19.6 Å². The lowest BCUT2D eigenvalue weighted by Crippen LogP contribution is -2.33. The predicted octanol–water partition coefficient (Wildman–Crippen LogP) is 13.7. The number of rotatable bonds is 4. The molecule has 296 valence electrons. The van der Waals surface area contributed by atoms with Crippen molar-refractivity contribution in [2.24, 2.45) is 0 Å². The Hall–Kier alpha value is -6.30. The molecule has 2 heterocycles. The number of anilines is 8. The summed E-state index contributed by atoms with van der Waals surface area (Å²) < 4.78 is 124. The highest BCUT2D eigenvalue weighted by atomic mass is 19.2. The molecular weight excluding hydrogens is 761 g/mol. The van der Waals surface area contributed by atoms with Crippen LogP contribution in [0.25, 0.3) is 0 Å². The minimum atomic E-state index is -1.21. The average Bonchev–Trinajstić information content (AvgIpc) is 3.65. The molecule has 0 saturated carbocycles. The molecular formula is C46H36F8N4. The molecule has 0 amide bonds. The Kier molecular flexibility index (Phi) is 9.09. The van der Waals surface area contributed by atoms with Gasteiger partial charge in [-0.05, 0) is 148 Å². The smallest absolute Gasteiger partial charge is 0.166 e. The van der Waals surface area contributed by atoms with E-state index in [2.05, 4.69) is 0 Å². The highest BCUT2D eigenvalue weighted by Crippen LogP contribution is 2.58. The van der Waals surface area contributed by atoms with E-state index in [0.717, 1.165) is 24.3 Å². The first-order valence-corrected chi connectivity index (χ1v) is 18.4. The van der Waals surface area contributed by atoms with Gasteiger partial charge in [0.2, 0.25) is 0 Å². The fraction of sp³-hybridized carbons (Fsp3) is 0.174. The summed E-state index contributed by atoms with van der Waals surface area (Å²) >= 11 is 0. The molecule has 0 radical (unpaired) electrons. The van der Waals surface area contributed by atoms with Crippen LogP contribution in [0.1, 0.15) is 44.5 Å². The Bertz CT molecular complexity index is 2330. The Labute approximate surface area is 330 Å². The van der Waals surface area contributed by atoms with Crippen LogP contribution in [0.2, 0.25) is 0 Å². The number of nitrogens with zero attached hydrogens (tertiary/aromatic N) is 4. The lowest BCUT2D eigenvalue weighted by molar-refractivity contribution is 0.509. The van der Waals surface area contributed by atoms with E-state index >= 15 is 35.1 Å². The van der Waals surface area contributed by atoms with Gasteiger partial charge in [-0.1, -0.05) is 0 Å². The quantitative estimate of drug-likeness (QED) is 0.165. The van der Waals surface area contributed by atoms with Crippen LogP contribution in [-0.4, -0.2) is 0 Å². The van der Waals surface area contributed by atoms with Crippen LogP contribution in [0.15, 0.2) is 84.4 Å². The van der Waals surface area contributed by atoms with E-state index in [9.17, 15) is 0 Å². The molecule has 2 aliphatic rings. The zero-order chi connectivity index (χ0) is 41.8. The summed E-state index contributed by atoms with van der Waals surface area (Å²) in [5.74, 6) is -6.65. The topological polar surface area (TPSA) is 13.0 Å². The van der Waals surface area contributed by atoms with Gasteiger partial charge in [0.15, 0.2) is 34.9 Å². The number of halogens is 8. The van der Waals surface area contributed by atoms with Gasteiger partial charge >= 0.3 is 0 Å². The standard InChI is InChI=1S/C46H36F8N4/c1-21-9-29(10-22(2)41(21)51)55-37-17-33(47)34(48)18-38(37)56(30-11-23(3)42(52)24(4)12-30)45(55)46-57(31-13-25(5)43(53)26(6)14-31)39-19-35(49)36(50)20-40(39)58(46)32-15-27(7)44(54)28(8)16-32/h9-20H,1-8H3. The third-order valence-electron chi connectivity index (χ3n) is 10.8. The molecule has 0 N–H and O–H groups in total. The third kappa shape index (κ3) is 5.87. The zero-order valence-electron chi connectivity index (χ0n) is 32.7. The van der Waals surface area contributed by atoms with Crippen LogP contribution in [0.4, 0.5) is 80.6 Å². The van der Waals surface area contributed by atoms with Gasteiger partial charge in [0, 0.05) is 47.0 Å². The molecule has 12 heteroatoms. The molecule has 0 bridgehead atoms. The van der Waals surface area contributed by atoms with Crippen LogP contribution >= 0.6 is 0 Å². The van der Waals surface area contributed by atoms with Crippen LogP contribution in [0.3, 0.4) is 0 Å². The van der Waals surface area contributed by atoms with E-state index in [4.69, 9.17) is 0 Å². The third-order valence-corrected chi connectivity index (χ3v) is 10.8. The van der Waals surface area contributed by atoms with E-state index in [1.165, 1.54) is 48.5 Å². The first kappa shape index (κ1) is 38.6. The Balaban J connectivity index is 1.63. The molecule has 0 aliphatic carbocycles. The molecule has 0 unspecified atom stereocenters. The summed E-state index contributed by atoms with van der Waals surface area (Å²) in [4.78, 5) is 6.24. The van der Waals surface area contributed by atoms with Crippen molar-refractivity contribution in [3.8, 4) is 0 Å². The van der Waals surface area contributed by atoms with Gasteiger partial charge < -0.3 is 0 Å². The van der Waals surface area contributed by atoms with Crippen molar-refractivity contribution >= 4 is 45.5 Å². The predicted molar refractivity (Wildman–Crippen MR) is 212 cm³/mol. The highest BCUT2D eigenvalue weighted by Gasteiger charge is 2.46. The van der Waals surface area contributed by atoms with Gasteiger partial charge in [0.1, 0.15) is 23.3 Å². The van der Waals surface area contributed by atoms with Gasteiger partial charge in [0.25, 0.3) is 0 Å². The van der Waals surface area contributed by atoms with E-state index in [1.807, 2.05) is 0 Å². The SMILES string of the molecule is Cc1cc(N2C(=C3N(c4cc(C)c(F)c(C)c4)c4cc(F)c(F)cc4N3c3cc(C)c(F)c(C)c3)N(c3cc(C)c(F)c(C)c3)c3cc(F)c(F)cc32)cc(C)c1F. The summed E-state index contributed by atoms with van der Waals surface area (Å²) in [6.07, 6.45) is 0. The molecule has 0 spiro atoms. The second-order valence-electron chi connectivity index (χ2n) is 15.1. The van der Waals surface area contributed by atoms with Crippen molar-refractivity contribution in [3.05, 3.63) is 175 Å². The average molecular weight is 797 g/mol. The molecule has 4 nitrogen and oxygen atoms in total. The van der Waals surface area contributed by atoms with Gasteiger partial charge in [-0.15, -0.1) is 0 Å². The molecule has 6 aromatic rings. The minimum Gasteiger partial charge on any atom is -0.291 e. The Morgan fingerprint density at radius 2 is 0.414 bits per heavy atom. The molecule has 0 saturated heterocycles. The van der Waals surface area contributed by atoms with Gasteiger partial charge in [-0.2, -0.15) is 0 Å². The summed E-state index contributed by atoms with van der Waals surface area (Å²) in [6.45, 7) is 12.4. The Morgan fingerprint density at radius 1 is 0.259 bits per heavy atom. The summed E-state index contributed by atoms with van der Waals surface area (Å²) in [7, 11) is 0. The lowest BCUT2D eigenvalue weighted by atomic mass is 10.1. The van der Waals surface area contributed by atoms with Crippen LogP contribution in [-0.2, 0) is 0 Å². The maximum absolute atomic E-state index is 15.6. The largest absolute Gasteiger partial charge is 0.291 e. The second-order valence-corrected chi connectivity index (χ2v) is 15.1. The number of hydrogen-bond acceptors (Lipinski definition) is 4. The van der Waals surface area contributed by atoms with E-state index in [0.29, 0.717) is 0 Å². The van der Waals surface area contributed by atoms with Crippen molar-refractivity contribution < 1.29 is 35.1 Å². The maximum Gasteiger partial charge on any atom is 0.166 e. The number of hydrogen-bond donors (Lipinski definition) is 0. The summed E-state index contributed by atoms with van der Waals surface area (Å²) in [5.41, 5.74) is 3.23. The fourth-order valence-electron chi connectivity index (χ4n) is 8.08. The normalized spacial score (nSPS) is 13.7. The minimum absolute atomic E-state index is 0.0811. The maximum atomic E-state index is 15.6. The summed E-state index contributed by atoms with van der Waals surface area (Å²) in [6, 6.07) is 16.1. The number of benzene rings is 6. The first-order valence-electron chi connectivity index (χ1n) is 18.4. The van der Waals surface area contributed by atoms with Gasteiger partial charge in [-0.3, -0.25) is 19.6 Å². The molecule has 0 fully saturated rings. The van der Waals surface area contributed by atoms with Gasteiger partial charge in [-0.25, -0.2) is 35.1 Å². The van der Waals surface area contributed by atoms with E-state index < -0.39 is 46.5 Å². The van der Waals surface area contributed by atoms with E-state index in [1.54, 1.807) is 75.0 Å². The molecule has 0 aromatic heterocycles. The van der Waals surface area contributed by atoms with Crippen LogP contribution in [0.5, 0.6) is 0 Å². The summed E-state index contributed by atoms with van der Waals surface area (Å²) in [5, 5.41) is 0. The van der Waals surface area contributed by atoms with Crippen molar-refractivity contribution in [2.45, 2.75) is 55.4 Å². The first-order chi connectivity index (χ1) is 27.4. The monoisotopic (exact) mass is 796 g/mol. The molecule has 58 heavy (non-hydrogen) atoms. The molecule has 8 rings (SSSR count). The van der Waals surface area contributed by atoms with Crippen LogP contribution in [0, 0.1) is 102 Å². The van der Waals surface area contributed by atoms with Gasteiger partial charge in [0.05, 0.1) is 22.7 Å². The number of fused-ring (bicyclic) bond motifs is 2. The van der Waals surface area contributed by atoms with Crippen LogP contribution < -0.4 is 19.6 Å². The zero-order valence-corrected chi connectivity index (χ0v) is 32.7.